The predicted molar refractivity (Wildman–Crippen MR) is 134 cm³/mol. The van der Waals surface area contributed by atoms with Gasteiger partial charge in [-0.25, -0.2) is 4.99 Å². The van der Waals surface area contributed by atoms with E-state index in [2.05, 4.69) is 41.1 Å². The summed E-state index contributed by atoms with van der Waals surface area (Å²) in [6.07, 6.45) is 6.00. The van der Waals surface area contributed by atoms with Crippen LogP contribution in [0, 0.1) is 0 Å². The van der Waals surface area contributed by atoms with Gasteiger partial charge in [0, 0.05) is 31.9 Å². The van der Waals surface area contributed by atoms with Crippen LogP contribution in [0.15, 0.2) is 53.5 Å². The van der Waals surface area contributed by atoms with Crippen LogP contribution in [0.25, 0.3) is 0 Å². The molecule has 0 aromatic heterocycles. The number of hydrogen-bond acceptors (Lipinski definition) is 6. The monoisotopic (exact) mass is 453 g/mol. The molecule has 4 rings (SSSR count). The Morgan fingerprint density at radius 1 is 1.00 bits per heavy atom. The molecule has 172 valence electrons. The van der Waals surface area contributed by atoms with Gasteiger partial charge in [0.05, 0.1) is 19.4 Å². The van der Waals surface area contributed by atoms with Crippen LogP contribution in [0.2, 0.25) is 0 Å². The zero-order valence-electron chi connectivity index (χ0n) is 19.3. The molecular weight excluding hydrogens is 418 g/mol. The molecule has 0 unspecified atom stereocenters. The molecule has 2 aliphatic rings. The summed E-state index contributed by atoms with van der Waals surface area (Å²) in [6.45, 7) is 4.35. The summed E-state index contributed by atoms with van der Waals surface area (Å²) in [7, 11) is 3.91. The van der Waals surface area contributed by atoms with Crippen molar-refractivity contribution in [1.29, 1.82) is 0 Å². The fraction of sp³-hybridized carbons (Fsp3) is 0.500. The van der Waals surface area contributed by atoms with E-state index in [4.69, 9.17) is 14.5 Å². The number of piperidine rings is 1. The van der Waals surface area contributed by atoms with Gasteiger partial charge in [-0.2, -0.15) is 0 Å². The van der Waals surface area contributed by atoms with Gasteiger partial charge in [-0.3, -0.25) is 0 Å². The van der Waals surface area contributed by atoms with Crippen LogP contribution in [0.4, 0.5) is 5.69 Å². The largest absolute Gasteiger partial charge is 0.497 e. The lowest BCUT2D eigenvalue weighted by Crippen LogP contribution is -2.45. The lowest BCUT2D eigenvalue weighted by Gasteiger charge is -2.38. The average molecular weight is 454 g/mol. The predicted octanol–water partition coefficient (Wildman–Crippen LogP) is 5.58. The summed E-state index contributed by atoms with van der Waals surface area (Å²) < 4.78 is 11.0. The van der Waals surface area contributed by atoms with E-state index in [9.17, 15) is 0 Å². The number of nitrogens with zero attached hydrogens (tertiary/aromatic N) is 3. The summed E-state index contributed by atoms with van der Waals surface area (Å²) >= 11 is 1.87. The minimum atomic E-state index is 0.598. The number of methoxy groups -OCH3 is 1. The van der Waals surface area contributed by atoms with E-state index in [1.165, 1.54) is 56.0 Å². The lowest BCUT2D eigenvalue weighted by molar-refractivity contribution is 0.163. The third-order valence-electron chi connectivity index (χ3n) is 6.42. The second-order valence-electron chi connectivity index (χ2n) is 8.58. The molecule has 1 saturated heterocycles. The van der Waals surface area contributed by atoms with E-state index in [1.807, 2.05) is 36.0 Å². The molecule has 2 aromatic rings. The fourth-order valence-electron chi connectivity index (χ4n) is 4.36. The molecule has 5 nitrogen and oxygen atoms in total. The minimum Gasteiger partial charge on any atom is -0.497 e. The highest BCUT2D eigenvalue weighted by Crippen LogP contribution is 2.33. The Hall–Kier alpha value is -2.18. The van der Waals surface area contributed by atoms with Gasteiger partial charge >= 0.3 is 0 Å². The molecule has 2 heterocycles. The minimum absolute atomic E-state index is 0.598. The number of unbranched alkanes of at least 4 members (excludes halogenated alkanes) is 2. The van der Waals surface area contributed by atoms with Crippen molar-refractivity contribution in [2.24, 2.45) is 4.99 Å². The number of likely N-dealkylation sites (tertiary alicyclic amines) is 1. The van der Waals surface area contributed by atoms with E-state index in [1.54, 1.807) is 7.11 Å². The Kier molecular flexibility index (Phi) is 8.35. The molecule has 0 atom stereocenters. The molecule has 0 N–H and O–H groups in total. The standard InChI is InChI=1S/C26H35N3O2S/c1-28(26-27-25-9-5-4-8-21(25)20-32-26)22-14-17-29(18-15-22)16-6-3-7-19-31-24-12-10-23(30-2)11-13-24/h4-5,8-13,22H,3,6-7,14-20H2,1-2H3. The molecule has 0 aliphatic carbocycles. The number of hydrogen-bond donors (Lipinski definition) is 0. The number of aliphatic imine (C=N–C) groups is 1. The second kappa shape index (κ2) is 11.6. The smallest absolute Gasteiger partial charge is 0.164 e. The number of thioether (sulfide) groups is 1. The van der Waals surface area contributed by atoms with Crippen LogP contribution in [0.3, 0.4) is 0 Å². The van der Waals surface area contributed by atoms with E-state index >= 15 is 0 Å². The first-order chi connectivity index (χ1) is 15.7. The SMILES string of the molecule is COc1ccc(OCCCCCN2CCC(N(C)C3=Nc4ccccc4CS3)CC2)cc1. The topological polar surface area (TPSA) is 37.3 Å². The highest BCUT2D eigenvalue weighted by molar-refractivity contribution is 8.13. The first-order valence-corrected chi connectivity index (χ1v) is 12.7. The molecule has 2 aliphatic heterocycles. The van der Waals surface area contributed by atoms with Gasteiger partial charge in [-0.05, 0) is 74.5 Å². The molecule has 2 aromatic carbocycles. The van der Waals surface area contributed by atoms with Crippen LogP contribution in [0.1, 0.15) is 37.7 Å². The third-order valence-corrected chi connectivity index (χ3v) is 7.51. The Morgan fingerprint density at radius 3 is 2.53 bits per heavy atom. The Morgan fingerprint density at radius 2 is 1.75 bits per heavy atom. The summed E-state index contributed by atoms with van der Waals surface area (Å²) in [5, 5.41) is 1.18. The van der Waals surface area contributed by atoms with Crippen molar-refractivity contribution in [3.8, 4) is 11.5 Å². The molecule has 0 bridgehead atoms. The van der Waals surface area contributed by atoms with Gasteiger partial charge < -0.3 is 19.3 Å². The van der Waals surface area contributed by atoms with Crippen LogP contribution in [-0.4, -0.2) is 61.4 Å². The maximum Gasteiger partial charge on any atom is 0.164 e. The Balaban J connectivity index is 1.11. The van der Waals surface area contributed by atoms with Crippen LogP contribution >= 0.6 is 11.8 Å². The van der Waals surface area contributed by atoms with Crippen molar-refractivity contribution in [3.05, 3.63) is 54.1 Å². The summed E-state index contributed by atoms with van der Waals surface area (Å²) in [5.74, 6) is 2.81. The highest BCUT2D eigenvalue weighted by atomic mass is 32.2. The maximum absolute atomic E-state index is 5.83. The normalized spacial score (nSPS) is 16.9. The zero-order chi connectivity index (χ0) is 22.2. The van der Waals surface area contributed by atoms with Crippen LogP contribution < -0.4 is 9.47 Å². The maximum atomic E-state index is 5.83. The van der Waals surface area contributed by atoms with Gasteiger partial charge in [0.2, 0.25) is 0 Å². The van der Waals surface area contributed by atoms with Gasteiger partial charge in [0.1, 0.15) is 11.5 Å². The second-order valence-corrected chi connectivity index (χ2v) is 9.52. The molecule has 0 radical (unpaired) electrons. The molecule has 6 heteroatoms. The number of ether oxygens (including phenoxy) is 2. The number of rotatable bonds is 9. The van der Waals surface area contributed by atoms with Crippen molar-refractivity contribution in [2.75, 3.05) is 40.4 Å². The Labute approximate surface area is 196 Å². The molecule has 32 heavy (non-hydrogen) atoms. The van der Waals surface area contributed by atoms with E-state index in [0.717, 1.165) is 36.0 Å². The number of fused-ring (bicyclic) bond motifs is 1. The molecule has 0 saturated carbocycles. The average Bonchev–Trinajstić information content (AvgIpc) is 2.86. The van der Waals surface area contributed by atoms with E-state index in [0.29, 0.717) is 6.04 Å². The van der Waals surface area contributed by atoms with Gasteiger partial charge in [0.15, 0.2) is 5.17 Å². The first kappa shape index (κ1) is 23.0. The quantitative estimate of drug-likeness (QED) is 0.464. The van der Waals surface area contributed by atoms with Crippen molar-refractivity contribution in [1.82, 2.24) is 9.80 Å². The zero-order valence-corrected chi connectivity index (χ0v) is 20.2. The molecular formula is C26H35N3O2S. The van der Waals surface area contributed by atoms with Crippen molar-refractivity contribution in [3.63, 3.8) is 0 Å². The van der Waals surface area contributed by atoms with Crippen LogP contribution in [0.5, 0.6) is 11.5 Å². The van der Waals surface area contributed by atoms with Gasteiger partial charge in [-0.1, -0.05) is 30.0 Å². The Bertz CT molecular complexity index is 879. The number of amidine groups is 1. The number of para-hydroxylation sites is 1. The summed E-state index contributed by atoms with van der Waals surface area (Å²) in [4.78, 5) is 9.97. The third kappa shape index (κ3) is 6.20. The van der Waals surface area contributed by atoms with E-state index < -0.39 is 0 Å². The van der Waals surface area contributed by atoms with Crippen molar-refractivity contribution < 1.29 is 9.47 Å². The first-order valence-electron chi connectivity index (χ1n) is 11.7. The molecule has 0 spiro atoms. The fourth-order valence-corrected chi connectivity index (χ4v) is 5.41. The summed E-state index contributed by atoms with van der Waals surface area (Å²) in [6, 6.07) is 16.9. The number of benzene rings is 2. The summed E-state index contributed by atoms with van der Waals surface area (Å²) in [5.41, 5.74) is 2.49. The van der Waals surface area contributed by atoms with E-state index in [-0.39, 0.29) is 0 Å². The van der Waals surface area contributed by atoms with Crippen molar-refractivity contribution in [2.45, 2.75) is 43.9 Å². The molecule has 1 fully saturated rings. The van der Waals surface area contributed by atoms with Crippen molar-refractivity contribution >= 4 is 22.6 Å². The highest BCUT2D eigenvalue weighted by Gasteiger charge is 2.26. The van der Waals surface area contributed by atoms with Gasteiger partial charge in [-0.15, -0.1) is 0 Å². The lowest BCUT2D eigenvalue weighted by atomic mass is 10.0. The molecule has 0 amide bonds. The van der Waals surface area contributed by atoms with Crippen LogP contribution in [-0.2, 0) is 5.75 Å². The van der Waals surface area contributed by atoms with Gasteiger partial charge in [0.25, 0.3) is 0 Å².